The van der Waals surface area contributed by atoms with Crippen LogP contribution in [0.4, 0.5) is 10.5 Å². The number of benzene rings is 1. The fraction of sp³-hybridized carbons (Fsp3) is 0.562. The number of hydrogen-bond donors (Lipinski definition) is 0. The molecule has 0 saturated carbocycles. The molecule has 2 amide bonds. The quantitative estimate of drug-likeness (QED) is 0.700. The van der Waals surface area contributed by atoms with Crippen molar-refractivity contribution in [1.29, 1.82) is 0 Å². The summed E-state index contributed by atoms with van der Waals surface area (Å²) in [6, 6.07) is 8.53. The Bertz CT molecular complexity index is 472. The zero-order valence-corrected chi connectivity index (χ0v) is 11.6. The molecule has 1 saturated heterocycles. The molecule has 1 fully saturated rings. The zero-order valence-electron chi connectivity index (χ0n) is 11.6. The van der Waals surface area contributed by atoms with Gasteiger partial charge in [0.05, 0.1) is 0 Å². The van der Waals surface area contributed by atoms with Crippen molar-refractivity contribution in [1.82, 2.24) is 4.90 Å². The van der Waals surface area contributed by atoms with E-state index < -0.39 is 0 Å². The lowest BCUT2D eigenvalue weighted by Gasteiger charge is -2.37. The first kappa shape index (κ1) is 12.5. The van der Waals surface area contributed by atoms with Gasteiger partial charge in [-0.15, -0.1) is 0 Å². The predicted molar refractivity (Wildman–Crippen MR) is 77.5 cm³/mol. The standard InChI is InChI=1S/C16H22N2O/c1-13-6-4-10-17(12-13)16(19)18-11-5-8-14-7-2-3-9-15(14)18/h2-3,7,9,13H,4-6,8,10-12H2,1H3. The highest BCUT2D eigenvalue weighted by molar-refractivity contribution is 5.93. The maximum atomic E-state index is 12.7. The van der Waals surface area contributed by atoms with E-state index >= 15 is 0 Å². The molecule has 1 aromatic carbocycles. The second-order valence-electron chi connectivity index (χ2n) is 5.86. The molecule has 0 aliphatic carbocycles. The number of nitrogens with zero attached hydrogens (tertiary/aromatic N) is 2. The smallest absolute Gasteiger partial charge is 0.324 e. The Balaban J connectivity index is 1.81. The summed E-state index contributed by atoms with van der Waals surface area (Å²) in [6.45, 7) is 4.93. The van der Waals surface area contributed by atoms with Crippen LogP contribution in [0.25, 0.3) is 0 Å². The molecule has 102 valence electrons. The lowest BCUT2D eigenvalue weighted by Crippen LogP contribution is -2.48. The van der Waals surface area contributed by atoms with E-state index in [0.29, 0.717) is 5.92 Å². The van der Waals surface area contributed by atoms with Gasteiger partial charge in [0.15, 0.2) is 0 Å². The number of fused-ring (bicyclic) bond motifs is 1. The summed E-state index contributed by atoms with van der Waals surface area (Å²) < 4.78 is 0. The molecular weight excluding hydrogens is 236 g/mol. The molecule has 2 aliphatic heterocycles. The number of hydrogen-bond acceptors (Lipinski definition) is 1. The highest BCUT2D eigenvalue weighted by Gasteiger charge is 2.28. The molecule has 0 bridgehead atoms. The summed E-state index contributed by atoms with van der Waals surface area (Å²) >= 11 is 0. The van der Waals surface area contributed by atoms with Crippen molar-refractivity contribution in [2.45, 2.75) is 32.6 Å². The van der Waals surface area contributed by atoms with E-state index in [-0.39, 0.29) is 6.03 Å². The molecule has 1 aromatic rings. The number of piperidine rings is 1. The Morgan fingerprint density at radius 2 is 2.05 bits per heavy atom. The molecule has 0 radical (unpaired) electrons. The number of para-hydroxylation sites is 1. The largest absolute Gasteiger partial charge is 0.324 e. The summed E-state index contributed by atoms with van der Waals surface area (Å²) in [5, 5.41) is 0. The maximum absolute atomic E-state index is 12.7. The Morgan fingerprint density at radius 3 is 2.89 bits per heavy atom. The monoisotopic (exact) mass is 258 g/mol. The number of anilines is 1. The Hall–Kier alpha value is -1.51. The molecule has 1 atom stereocenters. The molecule has 2 aliphatic rings. The van der Waals surface area contributed by atoms with Gasteiger partial charge in [-0.05, 0) is 43.2 Å². The summed E-state index contributed by atoms with van der Waals surface area (Å²) in [6.07, 6.45) is 4.56. The van der Waals surface area contributed by atoms with Crippen LogP contribution in [-0.4, -0.2) is 30.6 Å². The maximum Gasteiger partial charge on any atom is 0.324 e. The fourth-order valence-electron chi connectivity index (χ4n) is 3.27. The van der Waals surface area contributed by atoms with Crippen LogP contribution in [0.1, 0.15) is 31.7 Å². The number of rotatable bonds is 0. The van der Waals surface area contributed by atoms with Gasteiger partial charge in [-0.2, -0.15) is 0 Å². The number of amides is 2. The third-order valence-electron chi connectivity index (χ3n) is 4.27. The van der Waals surface area contributed by atoms with Crippen LogP contribution >= 0.6 is 0 Å². The lowest BCUT2D eigenvalue weighted by molar-refractivity contribution is 0.175. The second kappa shape index (κ2) is 5.24. The average molecular weight is 258 g/mol. The van der Waals surface area contributed by atoms with Crippen LogP contribution in [0.5, 0.6) is 0 Å². The van der Waals surface area contributed by atoms with E-state index in [9.17, 15) is 4.79 Å². The molecule has 3 rings (SSSR count). The first-order valence-corrected chi connectivity index (χ1v) is 7.40. The van der Waals surface area contributed by atoms with E-state index in [1.54, 1.807) is 0 Å². The van der Waals surface area contributed by atoms with Crippen LogP contribution in [0.15, 0.2) is 24.3 Å². The number of urea groups is 1. The molecule has 2 heterocycles. The number of aryl methyl sites for hydroxylation is 1. The molecule has 1 unspecified atom stereocenters. The molecule has 0 spiro atoms. The van der Waals surface area contributed by atoms with Gasteiger partial charge < -0.3 is 4.90 Å². The number of carbonyl (C=O) groups excluding carboxylic acids is 1. The SMILES string of the molecule is CC1CCCN(C(=O)N2CCCc3ccccc32)C1. The first-order chi connectivity index (χ1) is 9.25. The van der Waals surface area contributed by atoms with E-state index in [2.05, 4.69) is 25.1 Å². The van der Waals surface area contributed by atoms with Crippen LogP contribution in [0.2, 0.25) is 0 Å². The van der Waals surface area contributed by atoms with Gasteiger partial charge in [-0.25, -0.2) is 4.79 Å². The van der Waals surface area contributed by atoms with Crippen molar-refractivity contribution in [3.63, 3.8) is 0 Å². The Kier molecular flexibility index (Phi) is 3.45. The zero-order chi connectivity index (χ0) is 13.2. The van der Waals surface area contributed by atoms with Crippen LogP contribution in [0, 0.1) is 5.92 Å². The van der Waals surface area contributed by atoms with Gasteiger partial charge in [0, 0.05) is 25.3 Å². The van der Waals surface area contributed by atoms with Gasteiger partial charge in [-0.1, -0.05) is 25.1 Å². The third kappa shape index (κ3) is 2.46. The van der Waals surface area contributed by atoms with Gasteiger partial charge in [0.2, 0.25) is 0 Å². The highest BCUT2D eigenvalue weighted by Crippen LogP contribution is 2.28. The molecule has 3 nitrogen and oxygen atoms in total. The highest BCUT2D eigenvalue weighted by atomic mass is 16.2. The topological polar surface area (TPSA) is 23.6 Å². The number of likely N-dealkylation sites (tertiary alicyclic amines) is 1. The van der Waals surface area contributed by atoms with Crippen molar-refractivity contribution < 1.29 is 4.79 Å². The van der Waals surface area contributed by atoms with Crippen molar-refractivity contribution in [2.75, 3.05) is 24.5 Å². The summed E-state index contributed by atoms with van der Waals surface area (Å²) in [4.78, 5) is 16.7. The van der Waals surface area contributed by atoms with Crippen LogP contribution in [-0.2, 0) is 6.42 Å². The van der Waals surface area contributed by atoms with Crippen LogP contribution < -0.4 is 4.90 Å². The van der Waals surface area contributed by atoms with E-state index in [1.807, 2.05) is 15.9 Å². The van der Waals surface area contributed by atoms with Crippen molar-refractivity contribution in [3.05, 3.63) is 29.8 Å². The summed E-state index contributed by atoms with van der Waals surface area (Å²) in [7, 11) is 0. The van der Waals surface area contributed by atoms with Gasteiger partial charge in [0.1, 0.15) is 0 Å². The minimum absolute atomic E-state index is 0.207. The average Bonchev–Trinajstić information content (AvgIpc) is 2.46. The molecule has 3 heteroatoms. The second-order valence-corrected chi connectivity index (χ2v) is 5.86. The summed E-state index contributed by atoms with van der Waals surface area (Å²) in [5.74, 6) is 0.637. The fourth-order valence-corrected chi connectivity index (χ4v) is 3.27. The molecule has 0 aromatic heterocycles. The molecule has 0 N–H and O–H groups in total. The van der Waals surface area contributed by atoms with Gasteiger partial charge in [0.25, 0.3) is 0 Å². The minimum Gasteiger partial charge on any atom is -0.324 e. The van der Waals surface area contributed by atoms with Crippen LogP contribution in [0.3, 0.4) is 0 Å². The van der Waals surface area contributed by atoms with E-state index in [1.165, 1.54) is 12.0 Å². The van der Waals surface area contributed by atoms with Gasteiger partial charge >= 0.3 is 6.03 Å². The lowest BCUT2D eigenvalue weighted by atomic mass is 10.00. The van der Waals surface area contributed by atoms with Crippen molar-refractivity contribution in [3.8, 4) is 0 Å². The van der Waals surface area contributed by atoms with E-state index in [0.717, 1.165) is 44.6 Å². The molecular formula is C16H22N2O. The Morgan fingerprint density at radius 1 is 1.21 bits per heavy atom. The predicted octanol–water partition coefficient (Wildman–Crippen LogP) is 3.29. The summed E-state index contributed by atoms with van der Waals surface area (Å²) in [5.41, 5.74) is 2.43. The third-order valence-corrected chi connectivity index (χ3v) is 4.27. The molecule has 19 heavy (non-hydrogen) atoms. The Labute approximate surface area is 115 Å². The van der Waals surface area contributed by atoms with Crippen molar-refractivity contribution in [2.24, 2.45) is 5.92 Å². The number of carbonyl (C=O) groups is 1. The van der Waals surface area contributed by atoms with Crippen molar-refractivity contribution >= 4 is 11.7 Å². The minimum atomic E-state index is 0.207. The first-order valence-electron chi connectivity index (χ1n) is 7.40. The van der Waals surface area contributed by atoms with Gasteiger partial charge in [-0.3, -0.25) is 4.90 Å². The normalized spacial score (nSPS) is 23.1. The van der Waals surface area contributed by atoms with E-state index in [4.69, 9.17) is 0 Å².